The van der Waals surface area contributed by atoms with Crippen molar-refractivity contribution in [2.75, 3.05) is 27.0 Å². The molecule has 0 aliphatic carbocycles. The van der Waals surface area contributed by atoms with E-state index in [0.717, 1.165) is 11.1 Å². The van der Waals surface area contributed by atoms with Gasteiger partial charge in [-0.3, -0.25) is 14.5 Å². The highest BCUT2D eigenvalue weighted by Crippen LogP contribution is 2.42. The predicted molar refractivity (Wildman–Crippen MR) is 163 cm³/mol. The van der Waals surface area contributed by atoms with Crippen LogP contribution in [0, 0.1) is 0 Å². The minimum atomic E-state index is -0.971. The van der Waals surface area contributed by atoms with Gasteiger partial charge in [0.1, 0.15) is 24.2 Å². The fourth-order valence-electron chi connectivity index (χ4n) is 4.55. The van der Waals surface area contributed by atoms with E-state index in [4.69, 9.17) is 14.1 Å². The summed E-state index contributed by atoms with van der Waals surface area (Å²) in [4.78, 5) is 56.4. The Morgan fingerprint density at radius 2 is 1.82 bits per heavy atom. The third-order valence-electron chi connectivity index (χ3n) is 6.58. The normalized spacial score (nSPS) is 18.1. The molecule has 13 nitrogen and oxygen atoms in total. The highest BCUT2D eigenvalue weighted by Gasteiger charge is 2.54. The van der Waals surface area contributed by atoms with E-state index in [0.29, 0.717) is 11.3 Å². The van der Waals surface area contributed by atoms with Crippen LogP contribution in [0.15, 0.2) is 99.3 Å². The lowest BCUT2D eigenvalue weighted by molar-refractivity contribution is -0.154. The highest BCUT2D eigenvalue weighted by atomic mass is 32.2. The summed E-state index contributed by atoms with van der Waals surface area (Å²) in [6.45, 7) is 3.84. The maximum atomic E-state index is 13.8. The standard InChI is InChI=1S/C30H29N7O6S/c1-5-18-16-44-28-22(32-26(38)21(34-41-4)25-33-30(43-35-25)31-17-36(2)3)27(39)37(28)23(18)29(40)42-24(19-12-8-6-9-13-19)20-14-10-7-11-15-20/h5-15,17,22,24,28H,1,16H2,2-4H3,(H,32,38)/t22?,28-/m0/s1. The molecule has 1 saturated heterocycles. The molecule has 1 unspecified atom stereocenters. The van der Waals surface area contributed by atoms with Crippen molar-refractivity contribution >= 4 is 47.6 Å². The number of thioether (sulfide) groups is 1. The summed E-state index contributed by atoms with van der Waals surface area (Å²) in [5.41, 5.74) is 1.87. The number of carbonyl (C=O) groups excluding carboxylic acids is 3. The molecule has 2 atom stereocenters. The number of esters is 1. The monoisotopic (exact) mass is 615 g/mol. The Bertz CT molecular complexity index is 1600. The van der Waals surface area contributed by atoms with Gasteiger partial charge in [-0.25, -0.2) is 4.79 Å². The Labute approximate surface area is 257 Å². The molecule has 14 heteroatoms. The van der Waals surface area contributed by atoms with Crippen molar-refractivity contribution in [3.63, 3.8) is 0 Å². The molecular formula is C30H29N7O6S. The first kappa shape index (κ1) is 30.2. The number of benzene rings is 2. The fourth-order valence-corrected chi connectivity index (χ4v) is 5.89. The molecule has 226 valence electrons. The number of ether oxygens (including phenoxy) is 1. The van der Waals surface area contributed by atoms with E-state index in [-0.39, 0.29) is 23.2 Å². The van der Waals surface area contributed by atoms with Crippen molar-refractivity contribution in [3.8, 4) is 0 Å². The molecule has 1 aromatic heterocycles. The van der Waals surface area contributed by atoms with E-state index in [1.807, 2.05) is 60.7 Å². The molecule has 0 bridgehead atoms. The second-order valence-electron chi connectivity index (χ2n) is 9.78. The third kappa shape index (κ3) is 6.24. The van der Waals surface area contributed by atoms with Gasteiger partial charge in [0.05, 0.1) is 6.34 Å². The average Bonchev–Trinajstić information content (AvgIpc) is 3.52. The number of hydrogen-bond acceptors (Lipinski definition) is 11. The molecule has 0 saturated carbocycles. The first-order valence-corrected chi connectivity index (χ1v) is 14.4. The van der Waals surface area contributed by atoms with Gasteiger partial charge in [0, 0.05) is 19.8 Å². The van der Waals surface area contributed by atoms with Gasteiger partial charge in [-0.15, -0.1) is 11.8 Å². The average molecular weight is 616 g/mol. The number of rotatable bonds is 11. The van der Waals surface area contributed by atoms with Crippen LogP contribution in [0.5, 0.6) is 0 Å². The fraction of sp³-hybridized carbons (Fsp3) is 0.233. The SMILES string of the molecule is C=CC1=C(C(=O)OC(c2ccccc2)c2ccccc2)N2C(=O)C(NC(=O)C(=NOC)c3noc(N=CN(C)C)n3)[C@@H]2SC1. The molecule has 44 heavy (non-hydrogen) atoms. The minimum Gasteiger partial charge on any atom is -0.448 e. The molecule has 3 aromatic rings. The molecule has 5 rings (SSSR count). The first-order valence-electron chi connectivity index (χ1n) is 13.4. The Hall–Kier alpha value is -5.24. The summed E-state index contributed by atoms with van der Waals surface area (Å²) < 4.78 is 11.1. The molecular weight excluding hydrogens is 586 g/mol. The second kappa shape index (κ2) is 13.4. The minimum absolute atomic E-state index is 0.0865. The lowest BCUT2D eigenvalue weighted by atomic mass is 10.0. The summed E-state index contributed by atoms with van der Waals surface area (Å²) in [5.74, 6) is -1.77. The lowest BCUT2D eigenvalue weighted by Gasteiger charge is -2.49. The van der Waals surface area contributed by atoms with E-state index < -0.39 is 35.3 Å². The molecule has 0 spiro atoms. The van der Waals surface area contributed by atoms with E-state index in [1.165, 1.54) is 36.2 Å². The Balaban J connectivity index is 1.35. The third-order valence-corrected chi connectivity index (χ3v) is 7.88. The van der Waals surface area contributed by atoms with Gasteiger partial charge in [0.25, 0.3) is 11.8 Å². The highest BCUT2D eigenvalue weighted by molar-refractivity contribution is 8.00. The summed E-state index contributed by atoms with van der Waals surface area (Å²) in [6, 6.07) is 17.6. The molecule has 2 aliphatic heterocycles. The number of nitrogens with zero attached hydrogens (tertiary/aromatic N) is 6. The lowest BCUT2D eigenvalue weighted by Crippen LogP contribution is -2.71. The molecule has 0 radical (unpaired) electrons. The number of β-lactam (4-membered cyclic amide) rings is 1. The largest absolute Gasteiger partial charge is 0.448 e. The molecule has 2 aliphatic rings. The maximum Gasteiger partial charge on any atom is 0.356 e. The summed E-state index contributed by atoms with van der Waals surface area (Å²) in [6.07, 6.45) is 2.27. The van der Waals surface area contributed by atoms with Crippen molar-refractivity contribution in [3.05, 3.63) is 102 Å². The number of amides is 2. The summed E-state index contributed by atoms with van der Waals surface area (Å²) in [7, 11) is 4.78. The number of fused-ring (bicyclic) bond motifs is 1. The van der Waals surface area contributed by atoms with Crippen LogP contribution < -0.4 is 5.32 Å². The van der Waals surface area contributed by atoms with E-state index in [1.54, 1.807) is 19.0 Å². The molecule has 2 amide bonds. The van der Waals surface area contributed by atoms with E-state index >= 15 is 0 Å². The number of carbonyl (C=O) groups is 3. The van der Waals surface area contributed by atoms with Gasteiger partial charge in [0.2, 0.25) is 11.5 Å². The number of aromatic nitrogens is 2. The topological polar surface area (TPSA) is 152 Å². The first-order chi connectivity index (χ1) is 21.3. The summed E-state index contributed by atoms with van der Waals surface area (Å²) >= 11 is 1.38. The van der Waals surface area contributed by atoms with Crippen molar-refractivity contribution in [2.45, 2.75) is 17.5 Å². The maximum absolute atomic E-state index is 13.8. The number of allylic oxidation sites excluding steroid dienone is 1. The number of hydrogen-bond donors (Lipinski definition) is 1. The van der Waals surface area contributed by atoms with Crippen LogP contribution >= 0.6 is 11.8 Å². The van der Waals surface area contributed by atoms with Crippen molar-refractivity contribution < 1.29 is 28.5 Å². The molecule has 1 fully saturated rings. The van der Waals surface area contributed by atoms with Gasteiger partial charge >= 0.3 is 12.0 Å². The smallest absolute Gasteiger partial charge is 0.356 e. The van der Waals surface area contributed by atoms with E-state index in [2.05, 4.69) is 32.2 Å². The zero-order valence-electron chi connectivity index (χ0n) is 24.1. The van der Waals surface area contributed by atoms with Gasteiger partial charge in [0.15, 0.2) is 6.10 Å². The van der Waals surface area contributed by atoms with Crippen molar-refractivity contribution in [2.24, 2.45) is 10.1 Å². The zero-order valence-corrected chi connectivity index (χ0v) is 24.9. The molecule has 1 N–H and O–H groups in total. The van der Waals surface area contributed by atoms with Crippen LogP contribution in [0.1, 0.15) is 23.1 Å². The van der Waals surface area contributed by atoms with Crippen LogP contribution in [0.3, 0.4) is 0 Å². The van der Waals surface area contributed by atoms with Crippen LogP contribution in [0.4, 0.5) is 6.01 Å². The van der Waals surface area contributed by atoms with Gasteiger partial charge in [-0.1, -0.05) is 83.6 Å². The Morgan fingerprint density at radius 3 is 2.41 bits per heavy atom. The Morgan fingerprint density at radius 1 is 1.16 bits per heavy atom. The van der Waals surface area contributed by atoms with Crippen LogP contribution in [0.2, 0.25) is 0 Å². The zero-order chi connectivity index (χ0) is 31.2. The van der Waals surface area contributed by atoms with Gasteiger partial charge in [-0.05, 0) is 16.7 Å². The van der Waals surface area contributed by atoms with Crippen molar-refractivity contribution in [1.29, 1.82) is 0 Å². The predicted octanol–water partition coefficient (Wildman–Crippen LogP) is 2.81. The van der Waals surface area contributed by atoms with Crippen molar-refractivity contribution in [1.82, 2.24) is 25.3 Å². The van der Waals surface area contributed by atoms with Crippen LogP contribution in [-0.4, -0.2) is 88.1 Å². The van der Waals surface area contributed by atoms with Crippen LogP contribution in [-0.2, 0) is 24.0 Å². The number of oxime groups is 1. The number of nitrogens with one attached hydrogen (secondary N) is 1. The van der Waals surface area contributed by atoms with E-state index in [9.17, 15) is 14.4 Å². The van der Waals surface area contributed by atoms with Gasteiger partial charge < -0.3 is 24.3 Å². The van der Waals surface area contributed by atoms with Crippen LogP contribution in [0.25, 0.3) is 0 Å². The summed E-state index contributed by atoms with van der Waals surface area (Å²) in [5, 5.41) is 9.56. The van der Waals surface area contributed by atoms with Gasteiger partial charge in [-0.2, -0.15) is 9.98 Å². The second-order valence-corrected chi connectivity index (χ2v) is 10.9. The molecule has 3 heterocycles. The number of aliphatic imine (C=N–C) groups is 1. The molecule has 2 aromatic carbocycles. The Kier molecular flexibility index (Phi) is 9.19. The quantitative estimate of drug-likeness (QED) is 0.112.